The Morgan fingerprint density at radius 2 is 1.72 bits per heavy atom. The standard InChI is InChI=1S/C23H33N3O5S/c1-4-6-8-9-10-11-14-26-21(28)18(20(27)25(23(26)30)13-7-5-2)16-24-19-17(12-15-32-19)22(29)31-3/h12,15-16,28H,4-11,13-14H2,1-3H3. The monoisotopic (exact) mass is 463 g/mol. The first-order chi connectivity index (χ1) is 15.5. The van der Waals surface area contributed by atoms with Crippen molar-refractivity contribution in [3.05, 3.63) is 43.4 Å². The molecule has 9 heteroatoms. The molecule has 0 aliphatic heterocycles. The average molecular weight is 464 g/mol. The van der Waals surface area contributed by atoms with E-state index in [1.165, 1.54) is 35.6 Å². The van der Waals surface area contributed by atoms with E-state index in [4.69, 9.17) is 4.74 Å². The number of carbonyl (C=O) groups excluding carboxylic acids is 1. The van der Waals surface area contributed by atoms with Crippen LogP contribution < -0.4 is 11.2 Å². The minimum atomic E-state index is -0.583. The molecule has 1 N–H and O–H groups in total. The van der Waals surface area contributed by atoms with Gasteiger partial charge < -0.3 is 9.84 Å². The van der Waals surface area contributed by atoms with Gasteiger partial charge in [0, 0.05) is 19.3 Å². The molecule has 0 unspecified atom stereocenters. The van der Waals surface area contributed by atoms with Crippen LogP contribution in [0.1, 0.15) is 81.1 Å². The second kappa shape index (κ2) is 13.0. The van der Waals surface area contributed by atoms with Gasteiger partial charge in [0.05, 0.1) is 12.7 Å². The third kappa shape index (κ3) is 6.41. The predicted molar refractivity (Wildman–Crippen MR) is 128 cm³/mol. The quantitative estimate of drug-likeness (QED) is 0.268. The Labute approximate surface area is 192 Å². The Kier molecular flexibility index (Phi) is 10.4. The van der Waals surface area contributed by atoms with E-state index < -0.39 is 17.2 Å². The highest BCUT2D eigenvalue weighted by Gasteiger charge is 2.18. The summed E-state index contributed by atoms with van der Waals surface area (Å²) in [4.78, 5) is 42.0. The highest BCUT2D eigenvalue weighted by atomic mass is 32.1. The number of ether oxygens (including phenoxy) is 1. The van der Waals surface area contributed by atoms with E-state index in [-0.39, 0.29) is 23.6 Å². The first kappa shape index (κ1) is 25.6. The van der Waals surface area contributed by atoms with E-state index in [0.29, 0.717) is 18.0 Å². The van der Waals surface area contributed by atoms with Crippen LogP contribution in [0.15, 0.2) is 26.0 Å². The second-order valence-corrected chi connectivity index (χ2v) is 8.53. The maximum Gasteiger partial charge on any atom is 0.340 e. The van der Waals surface area contributed by atoms with Crippen LogP contribution >= 0.6 is 11.3 Å². The molecule has 0 saturated carbocycles. The van der Waals surface area contributed by atoms with Crippen molar-refractivity contribution in [3.63, 3.8) is 0 Å². The molecule has 0 fully saturated rings. The number of esters is 1. The fraction of sp³-hybridized carbons (Fsp3) is 0.565. The zero-order chi connectivity index (χ0) is 23.5. The molecule has 2 aromatic rings. The van der Waals surface area contributed by atoms with Crippen molar-refractivity contribution in [1.29, 1.82) is 0 Å². The summed E-state index contributed by atoms with van der Waals surface area (Å²) < 4.78 is 7.17. The van der Waals surface area contributed by atoms with Gasteiger partial charge in [-0.05, 0) is 24.3 Å². The molecule has 2 heterocycles. The lowest BCUT2D eigenvalue weighted by Gasteiger charge is -2.14. The molecule has 2 aromatic heterocycles. The first-order valence-electron chi connectivity index (χ1n) is 11.2. The number of carbonyl (C=O) groups is 1. The lowest BCUT2D eigenvalue weighted by Crippen LogP contribution is -2.41. The summed E-state index contributed by atoms with van der Waals surface area (Å²) in [7, 11) is 1.28. The Hall–Kier alpha value is -2.68. The molecule has 0 atom stereocenters. The van der Waals surface area contributed by atoms with Gasteiger partial charge in [-0.15, -0.1) is 11.3 Å². The van der Waals surface area contributed by atoms with Crippen LogP contribution in [0.4, 0.5) is 5.00 Å². The van der Waals surface area contributed by atoms with E-state index >= 15 is 0 Å². The molecular weight excluding hydrogens is 430 g/mol. The van der Waals surface area contributed by atoms with E-state index in [2.05, 4.69) is 11.9 Å². The predicted octanol–water partition coefficient (Wildman–Crippen LogP) is 4.47. The molecule has 8 nitrogen and oxygen atoms in total. The van der Waals surface area contributed by atoms with Crippen LogP contribution in [-0.4, -0.2) is 33.5 Å². The number of aliphatic imine (C=N–C) groups is 1. The van der Waals surface area contributed by atoms with Crippen LogP contribution in [0.5, 0.6) is 5.88 Å². The molecule has 0 spiro atoms. The van der Waals surface area contributed by atoms with Gasteiger partial charge in [-0.1, -0.05) is 52.4 Å². The summed E-state index contributed by atoms with van der Waals surface area (Å²) in [6.45, 7) is 4.74. The van der Waals surface area contributed by atoms with Crippen LogP contribution in [0, 0.1) is 0 Å². The number of hydrogen-bond acceptors (Lipinski definition) is 7. The average Bonchev–Trinajstić information content (AvgIpc) is 3.26. The van der Waals surface area contributed by atoms with Gasteiger partial charge in [0.25, 0.3) is 5.56 Å². The minimum absolute atomic E-state index is 0.0594. The summed E-state index contributed by atoms with van der Waals surface area (Å²) in [5.41, 5.74) is -0.867. The van der Waals surface area contributed by atoms with Gasteiger partial charge in [0.2, 0.25) is 5.88 Å². The number of nitrogens with zero attached hydrogens (tertiary/aromatic N) is 3. The molecule has 0 amide bonds. The smallest absolute Gasteiger partial charge is 0.340 e. The van der Waals surface area contributed by atoms with E-state index in [1.807, 2.05) is 6.92 Å². The van der Waals surface area contributed by atoms with Crippen molar-refractivity contribution < 1.29 is 14.6 Å². The second-order valence-electron chi connectivity index (χ2n) is 7.64. The number of aromatic nitrogens is 2. The number of rotatable bonds is 13. The van der Waals surface area contributed by atoms with Crippen molar-refractivity contribution >= 4 is 28.5 Å². The maximum absolute atomic E-state index is 13.0. The summed E-state index contributed by atoms with van der Waals surface area (Å²) >= 11 is 1.22. The zero-order valence-corrected chi connectivity index (χ0v) is 19.9. The van der Waals surface area contributed by atoms with Crippen LogP contribution in [-0.2, 0) is 17.8 Å². The molecule has 0 radical (unpaired) electrons. The van der Waals surface area contributed by atoms with Gasteiger partial charge in [-0.25, -0.2) is 14.6 Å². The Bertz CT molecular complexity index is 1040. The molecule has 0 aromatic carbocycles. The highest BCUT2D eigenvalue weighted by Crippen LogP contribution is 2.27. The number of thiophene rings is 1. The van der Waals surface area contributed by atoms with Gasteiger partial charge in [-0.2, -0.15) is 0 Å². The molecule has 2 rings (SSSR count). The summed E-state index contributed by atoms with van der Waals surface area (Å²) in [6, 6.07) is 1.59. The summed E-state index contributed by atoms with van der Waals surface area (Å²) in [5, 5.41) is 12.8. The fourth-order valence-corrected chi connectivity index (χ4v) is 4.10. The Morgan fingerprint density at radius 1 is 1.06 bits per heavy atom. The van der Waals surface area contributed by atoms with Crippen molar-refractivity contribution in [2.75, 3.05) is 7.11 Å². The van der Waals surface area contributed by atoms with Crippen molar-refractivity contribution in [2.24, 2.45) is 4.99 Å². The number of hydrogen-bond donors (Lipinski definition) is 1. The van der Waals surface area contributed by atoms with Crippen LogP contribution in [0.2, 0.25) is 0 Å². The first-order valence-corrected chi connectivity index (χ1v) is 12.1. The van der Waals surface area contributed by atoms with Crippen LogP contribution in [0.25, 0.3) is 0 Å². The lowest BCUT2D eigenvalue weighted by atomic mass is 10.1. The SMILES string of the molecule is CCCCCCCCn1c(O)c(C=Nc2sccc2C(=O)OC)c(=O)n(CCCC)c1=O. The largest absolute Gasteiger partial charge is 0.494 e. The van der Waals surface area contributed by atoms with Crippen molar-refractivity contribution in [1.82, 2.24) is 9.13 Å². The maximum atomic E-state index is 13.0. The number of aromatic hydroxyl groups is 1. The molecular formula is C23H33N3O5S. The van der Waals surface area contributed by atoms with E-state index in [0.717, 1.165) is 43.1 Å². The molecule has 0 aliphatic carbocycles. The fourth-order valence-electron chi connectivity index (χ4n) is 3.38. The summed E-state index contributed by atoms with van der Waals surface area (Å²) in [5.74, 6) is -0.919. The topological polar surface area (TPSA) is 103 Å². The van der Waals surface area contributed by atoms with E-state index in [9.17, 15) is 19.5 Å². The Balaban J connectivity index is 2.39. The molecule has 0 bridgehead atoms. The zero-order valence-electron chi connectivity index (χ0n) is 19.1. The van der Waals surface area contributed by atoms with E-state index in [1.54, 1.807) is 11.4 Å². The minimum Gasteiger partial charge on any atom is -0.494 e. The normalized spacial score (nSPS) is 11.3. The number of unbranched alkanes of at least 4 members (excludes halogenated alkanes) is 6. The third-order valence-corrected chi connectivity index (χ3v) is 6.09. The van der Waals surface area contributed by atoms with Crippen molar-refractivity contribution in [3.8, 4) is 5.88 Å². The van der Waals surface area contributed by atoms with Gasteiger partial charge in [0.1, 0.15) is 10.6 Å². The molecule has 32 heavy (non-hydrogen) atoms. The molecule has 0 aliphatic rings. The van der Waals surface area contributed by atoms with Gasteiger partial charge in [-0.3, -0.25) is 13.9 Å². The van der Waals surface area contributed by atoms with Crippen LogP contribution in [0.3, 0.4) is 0 Å². The highest BCUT2D eigenvalue weighted by molar-refractivity contribution is 7.14. The van der Waals surface area contributed by atoms with Gasteiger partial charge >= 0.3 is 11.7 Å². The van der Waals surface area contributed by atoms with Crippen molar-refractivity contribution in [2.45, 2.75) is 78.3 Å². The number of methoxy groups -OCH3 is 1. The summed E-state index contributed by atoms with van der Waals surface area (Å²) in [6.07, 6.45) is 8.97. The molecule has 176 valence electrons. The van der Waals surface area contributed by atoms with Gasteiger partial charge in [0.15, 0.2) is 0 Å². The Morgan fingerprint density at radius 3 is 2.41 bits per heavy atom. The lowest BCUT2D eigenvalue weighted by molar-refractivity contribution is 0.0602. The third-order valence-electron chi connectivity index (χ3n) is 5.27. The molecule has 0 saturated heterocycles.